The molecular formula is C18H18BrNO3. The Morgan fingerprint density at radius 2 is 1.83 bits per heavy atom. The van der Waals surface area contributed by atoms with E-state index in [9.17, 15) is 0 Å². The predicted octanol–water partition coefficient (Wildman–Crippen LogP) is 4.44. The highest BCUT2D eigenvalue weighted by Crippen LogP contribution is 2.22. The van der Waals surface area contributed by atoms with Gasteiger partial charge in [0.1, 0.15) is 24.7 Å². The lowest BCUT2D eigenvalue weighted by molar-refractivity contribution is 0.216. The average molecular weight is 376 g/mol. The molecule has 23 heavy (non-hydrogen) atoms. The minimum atomic E-state index is 0.385. The van der Waals surface area contributed by atoms with Crippen LogP contribution >= 0.6 is 15.9 Å². The van der Waals surface area contributed by atoms with Crippen molar-refractivity contribution in [2.75, 3.05) is 13.2 Å². The van der Waals surface area contributed by atoms with Crippen LogP contribution in [0, 0.1) is 0 Å². The summed E-state index contributed by atoms with van der Waals surface area (Å²) >= 11 is 3.37. The summed E-state index contributed by atoms with van der Waals surface area (Å²) in [7, 11) is 0. The van der Waals surface area contributed by atoms with E-state index in [1.807, 2.05) is 48.5 Å². The summed E-state index contributed by atoms with van der Waals surface area (Å²) in [5.74, 6) is 1.47. The molecule has 0 saturated carbocycles. The van der Waals surface area contributed by atoms with Crippen LogP contribution in [0.5, 0.6) is 11.5 Å². The van der Waals surface area contributed by atoms with Crippen LogP contribution in [0.15, 0.2) is 64.7 Å². The fourth-order valence-corrected chi connectivity index (χ4v) is 2.46. The largest absolute Gasteiger partial charge is 0.490 e. The van der Waals surface area contributed by atoms with Gasteiger partial charge in [0.25, 0.3) is 0 Å². The Kier molecular flexibility index (Phi) is 6.69. The molecule has 120 valence electrons. The van der Waals surface area contributed by atoms with Crippen molar-refractivity contribution in [1.82, 2.24) is 0 Å². The molecule has 0 aromatic heterocycles. The van der Waals surface area contributed by atoms with Crippen molar-refractivity contribution in [3.05, 3.63) is 70.7 Å². The monoisotopic (exact) mass is 375 g/mol. The zero-order valence-corrected chi connectivity index (χ0v) is 14.2. The van der Waals surface area contributed by atoms with Gasteiger partial charge >= 0.3 is 0 Å². The fourth-order valence-electron chi connectivity index (χ4n) is 2.09. The molecule has 0 fully saturated rings. The second kappa shape index (κ2) is 9.00. The van der Waals surface area contributed by atoms with Gasteiger partial charge in [-0.1, -0.05) is 45.4 Å². The van der Waals surface area contributed by atoms with Crippen LogP contribution in [-0.4, -0.2) is 24.6 Å². The van der Waals surface area contributed by atoms with Gasteiger partial charge in [0, 0.05) is 10.0 Å². The SMILES string of the molecule is C=CCc1ccccc1OCCOc1ccc(Br)cc1C=NO. The van der Waals surface area contributed by atoms with Gasteiger partial charge in [-0.25, -0.2) is 0 Å². The highest BCUT2D eigenvalue weighted by molar-refractivity contribution is 9.10. The van der Waals surface area contributed by atoms with E-state index in [1.165, 1.54) is 6.21 Å². The van der Waals surface area contributed by atoms with Crippen LogP contribution in [0.25, 0.3) is 0 Å². The fraction of sp³-hybridized carbons (Fsp3) is 0.167. The van der Waals surface area contributed by atoms with Crippen LogP contribution < -0.4 is 9.47 Å². The van der Waals surface area contributed by atoms with E-state index in [-0.39, 0.29) is 0 Å². The Hall–Kier alpha value is -2.27. The molecule has 5 heteroatoms. The van der Waals surface area contributed by atoms with E-state index in [4.69, 9.17) is 14.7 Å². The quantitative estimate of drug-likeness (QED) is 0.244. The highest BCUT2D eigenvalue weighted by atomic mass is 79.9. The number of para-hydroxylation sites is 1. The molecule has 0 unspecified atom stereocenters. The first-order valence-electron chi connectivity index (χ1n) is 7.16. The number of hydrogen-bond donors (Lipinski definition) is 1. The van der Waals surface area contributed by atoms with E-state index >= 15 is 0 Å². The second-order valence-corrected chi connectivity index (χ2v) is 5.64. The Morgan fingerprint density at radius 3 is 2.57 bits per heavy atom. The summed E-state index contributed by atoms with van der Waals surface area (Å²) in [4.78, 5) is 0. The smallest absolute Gasteiger partial charge is 0.128 e. The molecule has 1 N–H and O–H groups in total. The minimum absolute atomic E-state index is 0.385. The second-order valence-electron chi connectivity index (χ2n) is 4.72. The standard InChI is InChI=1S/C18H18BrNO3/c1-2-5-14-6-3-4-7-17(14)22-10-11-23-18-9-8-16(19)12-15(18)13-20-21/h2-4,6-9,12-13,21H,1,5,10-11H2. The van der Waals surface area contributed by atoms with E-state index in [0.717, 1.165) is 22.2 Å². The molecule has 0 spiro atoms. The third-order valence-corrected chi connectivity index (χ3v) is 3.60. The lowest BCUT2D eigenvalue weighted by Crippen LogP contribution is -2.10. The lowest BCUT2D eigenvalue weighted by atomic mass is 10.1. The van der Waals surface area contributed by atoms with Crippen molar-refractivity contribution in [3.8, 4) is 11.5 Å². The number of halogens is 1. The van der Waals surface area contributed by atoms with Crippen LogP contribution in [0.3, 0.4) is 0 Å². The van der Waals surface area contributed by atoms with Crippen molar-refractivity contribution in [2.24, 2.45) is 5.16 Å². The molecule has 0 aliphatic carbocycles. The van der Waals surface area contributed by atoms with Crippen LogP contribution in [0.1, 0.15) is 11.1 Å². The maximum atomic E-state index is 8.70. The van der Waals surface area contributed by atoms with Crippen molar-refractivity contribution < 1.29 is 14.7 Å². The molecule has 2 rings (SSSR count). The van der Waals surface area contributed by atoms with E-state index < -0.39 is 0 Å². The normalized spacial score (nSPS) is 10.7. The topological polar surface area (TPSA) is 51.0 Å². The molecule has 0 saturated heterocycles. The van der Waals surface area contributed by atoms with Gasteiger partial charge < -0.3 is 14.7 Å². The van der Waals surface area contributed by atoms with Gasteiger partial charge in [-0.3, -0.25) is 0 Å². The molecule has 0 amide bonds. The summed E-state index contributed by atoms with van der Waals surface area (Å²) < 4.78 is 12.4. The first-order valence-corrected chi connectivity index (χ1v) is 7.95. The molecule has 0 bridgehead atoms. The summed E-state index contributed by atoms with van der Waals surface area (Å²) in [5.41, 5.74) is 1.79. The first-order chi connectivity index (χ1) is 11.2. The third kappa shape index (κ3) is 5.14. The lowest BCUT2D eigenvalue weighted by Gasteiger charge is -2.12. The van der Waals surface area contributed by atoms with Crippen molar-refractivity contribution in [2.45, 2.75) is 6.42 Å². The maximum absolute atomic E-state index is 8.70. The zero-order valence-electron chi connectivity index (χ0n) is 12.6. The van der Waals surface area contributed by atoms with Crippen molar-refractivity contribution >= 4 is 22.1 Å². The van der Waals surface area contributed by atoms with Gasteiger partial charge in [0.15, 0.2) is 0 Å². The van der Waals surface area contributed by atoms with E-state index in [0.29, 0.717) is 24.5 Å². The number of oxime groups is 1. The number of benzene rings is 2. The third-order valence-electron chi connectivity index (χ3n) is 3.10. The minimum Gasteiger partial charge on any atom is -0.490 e. The van der Waals surface area contributed by atoms with E-state index in [1.54, 1.807) is 0 Å². The van der Waals surface area contributed by atoms with Crippen LogP contribution in [-0.2, 0) is 6.42 Å². The van der Waals surface area contributed by atoms with Crippen molar-refractivity contribution in [1.29, 1.82) is 0 Å². The molecular weight excluding hydrogens is 358 g/mol. The van der Waals surface area contributed by atoms with Gasteiger partial charge in [-0.15, -0.1) is 6.58 Å². The van der Waals surface area contributed by atoms with Gasteiger partial charge in [-0.05, 0) is 36.2 Å². The van der Waals surface area contributed by atoms with Crippen LogP contribution in [0.4, 0.5) is 0 Å². The molecule has 0 heterocycles. The molecule has 2 aromatic carbocycles. The van der Waals surface area contributed by atoms with E-state index in [2.05, 4.69) is 27.7 Å². The molecule has 2 aromatic rings. The molecule has 0 aliphatic rings. The predicted molar refractivity (Wildman–Crippen MR) is 94.9 cm³/mol. The van der Waals surface area contributed by atoms with Gasteiger partial charge in [0.2, 0.25) is 0 Å². The summed E-state index contributed by atoms with van der Waals surface area (Å²) in [6, 6.07) is 13.4. The Labute approximate surface area is 144 Å². The van der Waals surface area contributed by atoms with Gasteiger partial charge in [0.05, 0.1) is 6.21 Å². The van der Waals surface area contributed by atoms with Gasteiger partial charge in [-0.2, -0.15) is 0 Å². The Bertz CT molecular complexity index is 686. The number of rotatable bonds is 8. The summed E-state index contributed by atoms with van der Waals surface area (Å²) in [6.07, 6.45) is 3.95. The Balaban J connectivity index is 1.92. The zero-order chi connectivity index (χ0) is 16.5. The first kappa shape index (κ1) is 17.1. The summed E-state index contributed by atoms with van der Waals surface area (Å²) in [6.45, 7) is 4.55. The molecule has 0 radical (unpaired) electrons. The molecule has 0 aliphatic heterocycles. The van der Waals surface area contributed by atoms with Crippen LogP contribution in [0.2, 0.25) is 0 Å². The molecule has 4 nitrogen and oxygen atoms in total. The number of allylic oxidation sites excluding steroid dienone is 1. The van der Waals surface area contributed by atoms with Crippen molar-refractivity contribution in [3.63, 3.8) is 0 Å². The number of nitrogens with zero attached hydrogens (tertiary/aromatic N) is 1. The molecule has 0 atom stereocenters. The Morgan fingerprint density at radius 1 is 1.09 bits per heavy atom. The number of ether oxygens (including phenoxy) is 2. The maximum Gasteiger partial charge on any atom is 0.128 e. The summed E-state index contributed by atoms with van der Waals surface area (Å²) in [5, 5.41) is 11.8. The highest BCUT2D eigenvalue weighted by Gasteiger charge is 2.04. The average Bonchev–Trinajstić information content (AvgIpc) is 2.55. The number of hydrogen-bond acceptors (Lipinski definition) is 4.